The molecule has 0 saturated heterocycles. The van der Waals surface area contributed by atoms with E-state index in [9.17, 15) is 0 Å². The molecule has 3 aromatic rings. The molecule has 3 nitrogen and oxygen atoms in total. The van der Waals surface area contributed by atoms with Crippen LogP contribution in [0.1, 0.15) is 32.0 Å². The molecule has 88 valence electrons. The van der Waals surface area contributed by atoms with E-state index >= 15 is 0 Å². The van der Waals surface area contributed by atoms with Crippen LogP contribution in [0.4, 0.5) is 0 Å². The molecule has 0 bridgehead atoms. The summed E-state index contributed by atoms with van der Waals surface area (Å²) in [5, 5.41) is 6.43. The van der Waals surface area contributed by atoms with Gasteiger partial charge >= 0.3 is 0 Å². The lowest BCUT2D eigenvalue weighted by molar-refractivity contribution is 0.441. The third kappa shape index (κ3) is 1.38. The minimum absolute atomic E-state index is 0.0452. The zero-order valence-corrected chi connectivity index (χ0v) is 10.6. The average molecular weight is 228 g/mol. The van der Waals surface area contributed by atoms with Gasteiger partial charge in [-0.3, -0.25) is 0 Å². The second-order valence-electron chi connectivity index (χ2n) is 5.59. The van der Waals surface area contributed by atoms with Gasteiger partial charge in [0.2, 0.25) is 0 Å². The molecule has 0 spiro atoms. The standard InChI is InChI=1S/C14H16N2O/c1-8-12-9-5-6-15-11(9)7-10(14(2,3)4)13(12)17-16-8/h5-7,15H,1-4H3. The highest BCUT2D eigenvalue weighted by molar-refractivity contribution is 6.07. The number of benzene rings is 1. The molecule has 1 N–H and O–H groups in total. The van der Waals surface area contributed by atoms with Crippen LogP contribution in [-0.4, -0.2) is 10.1 Å². The fraction of sp³-hybridized carbons (Fsp3) is 0.357. The summed E-state index contributed by atoms with van der Waals surface area (Å²) in [7, 11) is 0. The van der Waals surface area contributed by atoms with Gasteiger partial charge in [-0.05, 0) is 24.5 Å². The summed E-state index contributed by atoms with van der Waals surface area (Å²) in [5.41, 5.74) is 4.26. The maximum Gasteiger partial charge on any atom is 0.171 e. The molecule has 0 amide bonds. The fourth-order valence-electron chi connectivity index (χ4n) is 2.36. The number of aryl methyl sites for hydroxylation is 1. The first kappa shape index (κ1) is 10.4. The normalized spacial score (nSPS) is 12.7. The van der Waals surface area contributed by atoms with E-state index in [-0.39, 0.29) is 5.41 Å². The van der Waals surface area contributed by atoms with Gasteiger partial charge in [-0.15, -0.1) is 0 Å². The van der Waals surface area contributed by atoms with Crippen molar-refractivity contribution in [2.75, 3.05) is 0 Å². The molecule has 3 rings (SSSR count). The first-order valence-corrected chi connectivity index (χ1v) is 5.85. The van der Waals surface area contributed by atoms with Crippen LogP contribution in [0.15, 0.2) is 22.9 Å². The van der Waals surface area contributed by atoms with Crippen LogP contribution in [0.5, 0.6) is 0 Å². The highest BCUT2D eigenvalue weighted by Gasteiger charge is 2.23. The van der Waals surface area contributed by atoms with Gasteiger partial charge in [0.25, 0.3) is 0 Å². The second-order valence-corrected chi connectivity index (χ2v) is 5.59. The molecule has 0 saturated carbocycles. The highest BCUT2D eigenvalue weighted by atomic mass is 16.5. The lowest BCUT2D eigenvalue weighted by Gasteiger charge is -2.19. The largest absolute Gasteiger partial charge is 0.361 e. The Hall–Kier alpha value is -1.77. The van der Waals surface area contributed by atoms with E-state index in [1.54, 1.807) is 0 Å². The number of aromatic nitrogens is 2. The number of hydrogen-bond donors (Lipinski definition) is 1. The van der Waals surface area contributed by atoms with E-state index in [1.165, 1.54) is 10.9 Å². The quantitative estimate of drug-likeness (QED) is 0.633. The maximum atomic E-state index is 5.52. The summed E-state index contributed by atoms with van der Waals surface area (Å²) in [6, 6.07) is 4.25. The molecule has 3 heteroatoms. The van der Waals surface area contributed by atoms with Crippen LogP contribution in [-0.2, 0) is 5.41 Å². The lowest BCUT2D eigenvalue weighted by Crippen LogP contribution is -2.11. The van der Waals surface area contributed by atoms with E-state index in [2.05, 4.69) is 43.0 Å². The number of aromatic amines is 1. The fourth-order valence-corrected chi connectivity index (χ4v) is 2.36. The summed E-state index contributed by atoms with van der Waals surface area (Å²) >= 11 is 0. The molecule has 0 radical (unpaired) electrons. The topological polar surface area (TPSA) is 41.8 Å². The molecule has 0 atom stereocenters. The third-order valence-corrected chi connectivity index (χ3v) is 3.25. The third-order valence-electron chi connectivity index (χ3n) is 3.25. The van der Waals surface area contributed by atoms with Crippen molar-refractivity contribution in [3.05, 3.63) is 29.6 Å². The van der Waals surface area contributed by atoms with Crippen LogP contribution in [0, 0.1) is 6.92 Å². The van der Waals surface area contributed by atoms with Gasteiger partial charge in [0, 0.05) is 22.7 Å². The smallest absolute Gasteiger partial charge is 0.171 e. The minimum atomic E-state index is 0.0452. The highest BCUT2D eigenvalue weighted by Crippen LogP contribution is 2.36. The van der Waals surface area contributed by atoms with Crippen LogP contribution in [0.25, 0.3) is 21.9 Å². The van der Waals surface area contributed by atoms with Crippen LogP contribution in [0.2, 0.25) is 0 Å². The molecule has 2 aromatic heterocycles. The van der Waals surface area contributed by atoms with Crippen molar-refractivity contribution in [3.8, 4) is 0 Å². The van der Waals surface area contributed by atoms with Crippen LogP contribution >= 0.6 is 0 Å². The maximum absolute atomic E-state index is 5.52. The van der Waals surface area contributed by atoms with Gasteiger partial charge in [-0.2, -0.15) is 0 Å². The summed E-state index contributed by atoms with van der Waals surface area (Å²) < 4.78 is 5.52. The Morgan fingerprint density at radius 1 is 1.29 bits per heavy atom. The predicted octanol–water partition coefficient (Wildman–Crippen LogP) is 3.92. The van der Waals surface area contributed by atoms with Gasteiger partial charge < -0.3 is 9.51 Å². The number of fused-ring (bicyclic) bond motifs is 3. The van der Waals surface area contributed by atoms with E-state index in [1.807, 2.05) is 13.1 Å². The molecule has 0 unspecified atom stereocenters. The molecule has 0 fully saturated rings. The van der Waals surface area contributed by atoms with Gasteiger partial charge in [0.1, 0.15) is 0 Å². The summed E-state index contributed by atoms with van der Waals surface area (Å²) in [4.78, 5) is 3.27. The molecule has 0 aliphatic rings. The van der Waals surface area contributed by atoms with Crippen molar-refractivity contribution in [2.45, 2.75) is 33.1 Å². The first-order valence-electron chi connectivity index (χ1n) is 5.85. The second kappa shape index (κ2) is 3.13. The number of H-pyrrole nitrogens is 1. The summed E-state index contributed by atoms with van der Waals surface area (Å²) in [6.07, 6.45) is 1.96. The number of nitrogens with one attached hydrogen (secondary N) is 1. The number of nitrogens with zero attached hydrogens (tertiary/aromatic N) is 1. The monoisotopic (exact) mass is 228 g/mol. The van der Waals surface area contributed by atoms with Gasteiger partial charge in [0.05, 0.1) is 11.1 Å². The zero-order valence-electron chi connectivity index (χ0n) is 10.6. The Morgan fingerprint density at radius 3 is 2.76 bits per heavy atom. The molecule has 1 aromatic carbocycles. The Bertz CT molecular complexity index is 698. The SMILES string of the molecule is Cc1noc2c(C(C)(C)C)cc3[nH]ccc3c12. The van der Waals surface area contributed by atoms with E-state index in [0.717, 1.165) is 22.2 Å². The summed E-state index contributed by atoms with van der Waals surface area (Å²) in [5.74, 6) is 0. The van der Waals surface area contributed by atoms with Crippen molar-refractivity contribution in [1.82, 2.24) is 10.1 Å². The summed E-state index contributed by atoms with van der Waals surface area (Å²) in [6.45, 7) is 8.56. The van der Waals surface area contributed by atoms with E-state index in [4.69, 9.17) is 4.52 Å². The number of hydrogen-bond acceptors (Lipinski definition) is 2. The zero-order chi connectivity index (χ0) is 12.2. The van der Waals surface area contributed by atoms with Crippen molar-refractivity contribution in [1.29, 1.82) is 0 Å². The van der Waals surface area contributed by atoms with Gasteiger partial charge in [0.15, 0.2) is 5.58 Å². The lowest BCUT2D eigenvalue weighted by atomic mass is 9.85. The molecule has 0 aliphatic carbocycles. The van der Waals surface area contributed by atoms with Gasteiger partial charge in [-0.25, -0.2) is 0 Å². The Kier molecular flexibility index (Phi) is 1.91. The van der Waals surface area contributed by atoms with E-state index in [0.29, 0.717) is 0 Å². The Labute approximate surface area is 99.8 Å². The average Bonchev–Trinajstić information content (AvgIpc) is 2.81. The Morgan fingerprint density at radius 2 is 2.06 bits per heavy atom. The molecule has 0 aliphatic heterocycles. The van der Waals surface area contributed by atoms with Crippen LogP contribution in [0.3, 0.4) is 0 Å². The minimum Gasteiger partial charge on any atom is -0.361 e. The van der Waals surface area contributed by atoms with E-state index < -0.39 is 0 Å². The predicted molar refractivity (Wildman–Crippen MR) is 69.3 cm³/mol. The Balaban J connectivity index is 2.56. The molecule has 2 heterocycles. The number of rotatable bonds is 0. The first-order chi connectivity index (χ1) is 7.98. The van der Waals surface area contributed by atoms with Gasteiger partial charge in [-0.1, -0.05) is 25.9 Å². The molecular weight excluding hydrogens is 212 g/mol. The van der Waals surface area contributed by atoms with Crippen molar-refractivity contribution in [2.24, 2.45) is 0 Å². The van der Waals surface area contributed by atoms with Crippen molar-refractivity contribution >= 4 is 21.9 Å². The van der Waals surface area contributed by atoms with Crippen molar-refractivity contribution < 1.29 is 4.52 Å². The van der Waals surface area contributed by atoms with Crippen molar-refractivity contribution in [3.63, 3.8) is 0 Å². The van der Waals surface area contributed by atoms with Crippen LogP contribution < -0.4 is 0 Å². The molecule has 17 heavy (non-hydrogen) atoms. The molecular formula is C14H16N2O.